The molecule has 3 rings (SSSR count). The second kappa shape index (κ2) is 10.0. The highest BCUT2D eigenvalue weighted by Gasteiger charge is 2.40. The maximum absolute atomic E-state index is 12.6. The highest BCUT2D eigenvalue weighted by atomic mass is 32.2. The minimum absolute atomic E-state index is 0.0440. The summed E-state index contributed by atoms with van der Waals surface area (Å²) < 4.78 is 28.6. The third kappa shape index (κ3) is 5.40. The number of carbonyl (C=O) groups is 2. The lowest BCUT2D eigenvalue weighted by Crippen LogP contribution is -2.53. The molecule has 1 aromatic carbocycles. The Morgan fingerprint density at radius 1 is 1.12 bits per heavy atom. The van der Waals surface area contributed by atoms with Gasteiger partial charge in [0.25, 0.3) is 5.91 Å². The first-order chi connectivity index (χ1) is 15.3. The number of hydrogen-bond donors (Lipinski definition) is 3. The molecule has 0 unspecified atom stereocenters. The fraction of sp³-hybridized carbons (Fsp3) is 0.429. The van der Waals surface area contributed by atoms with E-state index in [1.54, 1.807) is 0 Å². The molecule has 10 nitrogen and oxygen atoms in total. The van der Waals surface area contributed by atoms with E-state index in [4.69, 9.17) is 5.73 Å². The van der Waals surface area contributed by atoms with Crippen LogP contribution in [0.5, 0.6) is 0 Å². The summed E-state index contributed by atoms with van der Waals surface area (Å²) in [7, 11) is -3.91. The molecule has 1 saturated heterocycles. The molecule has 4 N–H and O–H groups in total. The molecular weight excluding hydrogens is 432 g/mol. The number of benzene rings is 1. The second-order valence-electron chi connectivity index (χ2n) is 7.80. The molecule has 1 aliphatic heterocycles. The summed E-state index contributed by atoms with van der Waals surface area (Å²) in [5.41, 5.74) is 6.33. The van der Waals surface area contributed by atoms with Crippen molar-refractivity contribution in [2.45, 2.75) is 38.0 Å². The van der Waals surface area contributed by atoms with Crippen LogP contribution in [0.1, 0.15) is 48.7 Å². The Labute approximate surface area is 187 Å². The molecule has 2 aromatic rings. The summed E-state index contributed by atoms with van der Waals surface area (Å²) >= 11 is 0. The molecule has 2 amide bonds. The molecule has 172 valence electrons. The first-order valence-corrected chi connectivity index (χ1v) is 11.9. The van der Waals surface area contributed by atoms with E-state index in [0.29, 0.717) is 19.3 Å². The van der Waals surface area contributed by atoms with Crippen LogP contribution in [0.25, 0.3) is 0 Å². The van der Waals surface area contributed by atoms with Crippen molar-refractivity contribution in [2.24, 2.45) is 0 Å². The van der Waals surface area contributed by atoms with Crippen molar-refractivity contribution in [3.63, 3.8) is 0 Å². The number of aromatic nitrogens is 2. The largest absolute Gasteiger partial charge is 0.382 e. The van der Waals surface area contributed by atoms with Crippen molar-refractivity contribution in [3.05, 3.63) is 54.0 Å². The van der Waals surface area contributed by atoms with Crippen molar-refractivity contribution in [2.75, 3.05) is 25.4 Å². The molecule has 0 radical (unpaired) electrons. The number of anilines is 1. The SMILES string of the molecule is CCCC(=O)NS(=O)(=O)N1CCC(CNC(=O)c2nccnc2N)(c2ccccc2)CC1. The van der Waals surface area contributed by atoms with E-state index in [-0.39, 0.29) is 37.6 Å². The average molecular weight is 461 g/mol. The highest BCUT2D eigenvalue weighted by molar-refractivity contribution is 7.87. The van der Waals surface area contributed by atoms with Gasteiger partial charge in [0.15, 0.2) is 11.5 Å². The fourth-order valence-electron chi connectivity index (χ4n) is 3.86. The molecule has 1 aliphatic rings. The Balaban J connectivity index is 1.75. The molecule has 32 heavy (non-hydrogen) atoms. The Morgan fingerprint density at radius 3 is 2.41 bits per heavy atom. The smallest absolute Gasteiger partial charge is 0.303 e. The Morgan fingerprint density at radius 2 is 1.78 bits per heavy atom. The van der Waals surface area contributed by atoms with Gasteiger partial charge in [0.05, 0.1) is 0 Å². The van der Waals surface area contributed by atoms with Crippen molar-refractivity contribution in [1.82, 2.24) is 24.3 Å². The van der Waals surface area contributed by atoms with Crippen LogP contribution in [0.15, 0.2) is 42.7 Å². The van der Waals surface area contributed by atoms with E-state index in [9.17, 15) is 18.0 Å². The first-order valence-electron chi connectivity index (χ1n) is 10.5. The van der Waals surface area contributed by atoms with Gasteiger partial charge < -0.3 is 11.1 Å². The zero-order valence-corrected chi connectivity index (χ0v) is 18.8. The van der Waals surface area contributed by atoms with Crippen LogP contribution in [-0.4, -0.2) is 54.1 Å². The molecule has 1 aromatic heterocycles. The van der Waals surface area contributed by atoms with E-state index < -0.39 is 27.4 Å². The molecule has 0 saturated carbocycles. The summed E-state index contributed by atoms with van der Waals surface area (Å²) in [5.74, 6) is -0.906. The van der Waals surface area contributed by atoms with E-state index in [0.717, 1.165) is 5.56 Å². The van der Waals surface area contributed by atoms with Gasteiger partial charge in [-0.05, 0) is 24.8 Å². The van der Waals surface area contributed by atoms with Gasteiger partial charge in [-0.25, -0.2) is 14.7 Å². The predicted octanol–water partition coefficient (Wildman–Crippen LogP) is 0.984. The number of nitrogens with two attached hydrogens (primary N) is 1. The molecular formula is C21H28N6O4S. The van der Waals surface area contributed by atoms with Crippen LogP contribution in [0.3, 0.4) is 0 Å². The predicted molar refractivity (Wildman–Crippen MR) is 120 cm³/mol. The lowest BCUT2D eigenvalue weighted by Gasteiger charge is -2.41. The normalized spacial score (nSPS) is 16.3. The third-order valence-corrected chi connectivity index (χ3v) is 7.19. The number of nitrogen functional groups attached to an aromatic ring is 1. The number of hydrogen-bond acceptors (Lipinski definition) is 7. The molecule has 0 aliphatic carbocycles. The first kappa shape index (κ1) is 23.6. The molecule has 0 atom stereocenters. The van der Waals surface area contributed by atoms with Gasteiger partial charge in [-0.15, -0.1) is 0 Å². The molecule has 0 bridgehead atoms. The summed E-state index contributed by atoms with van der Waals surface area (Å²) in [6.45, 7) is 2.52. The minimum atomic E-state index is -3.91. The van der Waals surface area contributed by atoms with Gasteiger partial charge in [0.1, 0.15) is 0 Å². The minimum Gasteiger partial charge on any atom is -0.382 e. The number of piperidine rings is 1. The van der Waals surface area contributed by atoms with Crippen molar-refractivity contribution >= 4 is 27.8 Å². The van der Waals surface area contributed by atoms with E-state index in [1.807, 2.05) is 37.3 Å². The lowest BCUT2D eigenvalue weighted by atomic mass is 9.73. The quantitative estimate of drug-likeness (QED) is 0.532. The van der Waals surface area contributed by atoms with Crippen LogP contribution in [0.4, 0.5) is 5.82 Å². The van der Waals surface area contributed by atoms with Gasteiger partial charge >= 0.3 is 10.2 Å². The van der Waals surface area contributed by atoms with Crippen LogP contribution in [-0.2, 0) is 20.4 Å². The fourth-order valence-corrected chi connectivity index (χ4v) is 5.04. The van der Waals surface area contributed by atoms with Crippen LogP contribution < -0.4 is 15.8 Å². The van der Waals surface area contributed by atoms with Gasteiger partial charge in [0, 0.05) is 43.9 Å². The molecule has 1 fully saturated rings. The summed E-state index contributed by atoms with van der Waals surface area (Å²) in [5, 5.41) is 2.89. The van der Waals surface area contributed by atoms with Crippen molar-refractivity contribution in [3.8, 4) is 0 Å². The van der Waals surface area contributed by atoms with Gasteiger partial charge in [0.2, 0.25) is 5.91 Å². The van der Waals surface area contributed by atoms with Crippen LogP contribution in [0, 0.1) is 0 Å². The van der Waals surface area contributed by atoms with Crippen molar-refractivity contribution in [1.29, 1.82) is 0 Å². The molecule has 0 spiro atoms. The summed E-state index contributed by atoms with van der Waals surface area (Å²) in [4.78, 5) is 32.3. The van der Waals surface area contributed by atoms with Gasteiger partial charge in [-0.1, -0.05) is 37.3 Å². The van der Waals surface area contributed by atoms with Crippen molar-refractivity contribution < 1.29 is 18.0 Å². The van der Waals surface area contributed by atoms with E-state index in [1.165, 1.54) is 16.7 Å². The highest BCUT2D eigenvalue weighted by Crippen LogP contribution is 2.35. The monoisotopic (exact) mass is 460 g/mol. The zero-order chi connectivity index (χ0) is 23.2. The van der Waals surface area contributed by atoms with E-state index >= 15 is 0 Å². The Hall–Kier alpha value is -3.05. The Bertz CT molecular complexity index is 1050. The second-order valence-corrected chi connectivity index (χ2v) is 9.47. The molecule has 2 heterocycles. The standard InChI is InChI=1S/C21H28N6O4S/c1-2-6-17(28)26-32(30,31)27-13-9-21(10-14-27,16-7-4-3-5-8-16)15-25-20(29)18-19(22)24-12-11-23-18/h3-5,7-8,11-12H,2,6,9-10,13-15H2,1H3,(H2,22,24)(H,25,29)(H,26,28). The summed E-state index contributed by atoms with van der Waals surface area (Å²) in [6, 6.07) is 9.66. The van der Waals surface area contributed by atoms with Crippen LogP contribution >= 0.6 is 0 Å². The number of nitrogens with one attached hydrogen (secondary N) is 2. The number of amides is 2. The molecule has 11 heteroatoms. The topological polar surface area (TPSA) is 147 Å². The Kier molecular flexibility index (Phi) is 7.41. The van der Waals surface area contributed by atoms with Crippen LogP contribution in [0.2, 0.25) is 0 Å². The number of carbonyl (C=O) groups excluding carboxylic acids is 2. The lowest BCUT2D eigenvalue weighted by molar-refractivity contribution is -0.119. The number of nitrogens with zero attached hydrogens (tertiary/aromatic N) is 3. The maximum atomic E-state index is 12.6. The average Bonchev–Trinajstić information content (AvgIpc) is 2.78. The van der Waals surface area contributed by atoms with Gasteiger partial charge in [-0.2, -0.15) is 12.7 Å². The van der Waals surface area contributed by atoms with E-state index in [2.05, 4.69) is 20.0 Å². The van der Waals surface area contributed by atoms with Gasteiger partial charge in [-0.3, -0.25) is 9.59 Å². The number of rotatable bonds is 8. The summed E-state index contributed by atoms with van der Waals surface area (Å²) in [6.07, 6.45) is 4.46. The maximum Gasteiger partial charge on any atom is 0.303 e. The third-order valence-electron chi connectivity index (χ3n) is 5.65. The zero-order valence-electron chi connectivity index (χ0n) is 18.0.